The van der Waals surface area contributed by atoms with Crippen LogP contribution in [0.5, 0.6) is 0 Å². The molecule has 72 valence electrons. The Labute approximate surface area is 77.1 Å². The lowest BCUT2D eigenvalue weighted by Gasteiger charge is -2.40. The first kappa shape index (κ1) is 10.0. The van der Waals surface area contributed by atoms with Crippen molar-refractivity contribution in [2.45, 2.75) is 59.0 Å². The summed E-state index contributed by atoms with van der Waals surface area (Å²) < 4.78 is 0. The summed E-state index contributed by atoms with van der Waals surface area (Å²) in [5, 5.41) is 0. The smallest absolute Gasteiger partial charge is 0.00698 e. The van der Waals surface area contributed by atoms with Crippen LogP contribution in [0.2, 0.25) is 0 Å². The van der Waals surface area contributed by atoms with Crippen molar-refractivity contribution < 1.29 is 0 Å². The number of nitrogens with zero attached hydrogens (tertiary/aromatic N) is 1. The number of rotatable bonds is 2. The van der Waals surface area contributed by atoms with Crippen LogP contribution in [0.15, 0.2) is 0 Å². The lowest BCUT2D eigenvalue weighted by molar-refractivity contribution is 0.0898. The molecule has 0 aliphatic carbocycles. The van der Waals surface area contributed by atoms with Crippen molar-refractivity contribution in [2.24, 2.45) is 5.92 Å². The zero-order chi connectivity index (χ0) is 9.14. The Bertz CT molecular complexity index is 121. The molecule has 0 saturated carbocycles. The molecule has 0 bridgehead atoms. The predicted molar refractivity (Wildman–Crippen MR) is 54.3 cm³/mol. The van der Waals surface area contributed by atoms with Crippen molar-refractivity contribution in [3.8, 4) is 0 Å². The Balaban J connectivity index is 2.45. The van der Waals surface area contributed by atoms with Gasteiger partial charge in [-0.15, -0.1) is 0 Å². The maximum atomic E-state index is 2.67. The predicted octanol–water partition coefficient (Wildman–Crippen LogP) is 2.91. The third-order valence-electron chi connectivity index (χ3n) is 2.95. The molecule has 1 saturated heterocycles. The minimum atomic E-state index is 0.813. The Kier molecular flexibility index (Phi) is 3.57. The topological polar surface area (TPSA) is 3.24 Å². The summed E-state index contributed by atoms with van der Waals surface area (Å²) in [5.74, 6) is 0.813. The molecular weight excluding hydrogens is 146 g/mol. The van der Waals surface area contributed by atoms with Gasteiger partial charge in [-0.25, -0.2) is 0 Å². The fourth-order valence-electron chi connectivity index (χ4n) is 2.26. The summed E-state index contributed by atoms with van der Waals surface area (Å²) in [6, 6.07) is 1.63. The van der Waals surface area contributed by atoms with Crippen LogP contribution in [0, 0.1) is 5.92 Å². The minimum absolute atomic E-state index is 0.813. The lowest BCUT2D eigenvalue weighted by Crippen LogP contribution is -2.45. The van der Waals surface area contributed by atoms with E-state index in [1.54, 1.807) is 0 Å². The molecule has 1 fully saturated rings. The fraction of sp³-hybridized carbons (Fsp3) is 1.00. The molecule has 1 heteroatoms. The Hall–Kier alpha value is -0.0400. The quantitative estimate of drug-likeness (QED) is 0.614. The third kappa shape index (κ3) is 2.48. The van der Waals surface area contributed by atoms with E-state index in [1.165, 1.54) is 25.8 Å². The van der Waals surface area contributed by atoms with E-state index in [0.717, 1.165) is 18.0 Å². The zero-order valence-electron chi connectivity index (χ0n) is 9.01. The van der Waals surface area contributed by atoms with Crippen LogP contribution < -0.4 is 0 Å². The van der Waals surface area contributed by atoms with Gasteiger partial charge in [0.05, 0.1) is 0 Å². The fourth-order valence-corrected chi connectivity index (χ4v) is 2.26. The molecule has 1 heterocycles. The van der Waals surface area contributed by atoms with Crippen LogP contribution in [0.1, 0.15) is 47.0 Å². The van der Waals surface area contributed by atoms with Gasteiger partial charge in [-0.1, -0.05) is 20.3 Å². The summed E-state index contributed by atoms with van der Waals surface area (Å²) >= 11 is 0. The SMILES string of the molecule is CC(C)CN1[C@H](C)CCC[C@@H]1C. The number of piperidine rings is 1. The normalized spacial score (nSPS) is 32.8. The Morgan fingerprint density at radius 3 is 2.08 bits per heavy atom. The molecule has 0 aromatic heterocycles. The van der Waals surface area contributed by atoms with E-state index < -0.39 is 0 Å². The van der Waals surface area contributed by atoms with Gasteiger partial charge in [-0.3, -0.25) is 4.90 Å². The van der Waals surface area contributed by atoms with E-state index in [1.807, 2.05) is 0 Å². The summed E-state index contributed by atoms with van der Waals surface area (Å²) in [7, 11) is 0. The van der Waals surface area contributed by atoms with Gasteiger partial charge in [0.2, 0.25) is 0 Å². The summed E-state index contributed by atoms with van der Waals surface area (Å²) in [4.78, 5) is 2.67. The average Bonchev–Trinajstić information content (AvgIpc) is 1.97. The van der Waals surface area contributed by atoms with Crippen LogP contribution in [0.25, 0.3) is 0 Å². The molecule has 1 aliphatic rings. The van der Waals surface area contributed by atoms with Crippen molar-refractivity contribution in [2.75, 3.05) is 6.54 Å². The van der Waals surface area contributed by atoms with Gasteiger partial charge in [0.25, 0.3) is 0 Å². The van der Waals surface area contributed by atoms with E-state index in [9.17, 15) is 0 Å². The molecule has 0 aromatic carbocycles. The average molecular weight is 169 g/mol. The maximum absolute atomic E-state index is 2.67. The monoisotopic (exact) mass is 169 g/mol. The highest BCUT2D eigenvalue weighted by molar-refractivity contribution is 4.79. The molecule has 0 aromatic rings. The molecule has 0 radical (unpaired) electrons. The minimum Gasteiger partial charge on any atom is -0.298 e. The summed E-state index contributed by atoms with van der Waals surface area (Å²) in [6.45, 7) is 10.7. The van der Waals surface area contributed by atoms with E-state index in [4.69, 9.17) is 0 Å². The van der Waals surface area contributed by atoms with E-state index in [0.29, 0.717) is 0 Å². The van der Waals surface area contributed by atoms with E-state index in [-0.39, 0.29) is 0 Å². The standard InChI is InChI=1S/C11H23N/c1-9(2)8-12-10(3)6-5-7-11(12)4/h9-11H,5-8H2,1-4H3/t10-,11+. The Morgan fingerprint density at radius 2 is 1.67 bits per heavy atom. The van der Waals surface area contributed by atoms with Crippen molar-refractivity contribution >= 4 is 0 Å². The third-order valence-corrected chi connectivity index (χ3v) is 2.95. The second-order valence-corrected chi connectivity index (χ2v) is 4.72. The van der Waals surface area contributed by atoms with Gasteiger partial charge in [-0.2, -0.15) is 0 Å². The molecule has 0 unspecified atom stereocenters. The molecule has 0 amide bonds. The van der Waals surface area contributed by atoms with E-state index >= 15 is 0 Å². The second-order valence-electron chi connectivity index (χ2n) is 4.72. The van der Waals surface area contributed by atoms with Gasteiger partial charge in [0, 0.05) is 18.6 Å². The number of likely N-dealkylation sites (tertiary alicyclic amines) is 1. The summed E-state index contributed by atoms with van der Waals surface area (Å²) in [6.07, 6.45) is 4.23. The molecule has 0 spiro atoms. The van der Waals surface area contributed by atoms with Gasteiger partial charge < -0.3 is 0 Å². The zero-order valence-corrected chi connectivity index (χ0v) is 9.01. The highest BCUT2D eigenvalue weighted by atomic mass is 15.2. The van der Waals surface area contributed by atoms with Gasteiger partial charge in [0.1, 0.15) is 0 Å². The van der Waals surface area contributed by atoms with Gasteiger partial charge >= 0.3 is 0 Å². The first-order valence-electron chi connectivity index (χ1n) is 5.37. The first-order valence-corrected chi connectivity index (χ1v) is 5.37. The second kappa shape index (κ2) is 4.27. The van der Waals surface area contributed by atoms with Crippen molar-refractivity contribution in [3.63, 3.8) is 0 Å². The maximum Gasteiger partial charge on any atom is 0.00698 e. The van der Waals surface area contributed by atoms with Crippen molar-refractivity contribution in [1.82, 2.24) is 4.90 Å². The number of hydrogen-bond acceptors (Lipinski definition) is 1. The van der Waals surface area contributed by atoms with E-state index in [2.05, 4.69) is 32.6 Å². The molecular formula is C11H23N. The Morgan fingerprint density at radius 1 is 1.17 bits per heavy atom. The van der Waals surface area contributed by atoms with Crippen molar-refractivity contribution in [3.05, 3.63) is 0 Å². The lowest BCUT2D eigenvalue weighted by atomic mass is 9.96. The molecule has 2 atom stereocenters. The molecule has 1 rings (SSSR count). The molecule has 1 nitrogen and oxygen atoms in total. The van der Waals surface area contributed by atoms with Crippen LogP contribution in [0.4, 0.5) is 0 Å². The van der Waals surface area contributed by atoms with Gasteiger partial charge in [-0.05, 0) is 32.6 Å². The van der Waals surface area contributed by atoms with Crippen molar-refractivity contribution in [1.29, 1.82) is 0 Å². The van der Waals surface area contributed by atoms with Gasteiger partial charge in [0.15, 0.2) is 0 Å². The largest absolute Gasteiger partial charge is 0.298 e. The van der Waals surface area contributed by atoms with Crippen LogP contribution in [-0.2, 0) is 0 Å². The van der Waals surface area contributed by atoms with Crippen LogP contribution in [-0.4, -0.2) is 23.5 Å². The summed E-state index contributed by atoms with van der Waals surface area (Å²) in [5.41, 5.74) is 0. The van der Waals surface area contributed by atoms with Crippen LogP contribution >= 0.6 is 0 Å². The molecule has 0 N–H and O–H groups in total. The highest BCUT2D eigenvalue weighted by Crippen LogP contribution is 2.23. The molecule has 1 aliphatic heterocycles. The highest BCUT2D eigenvalue weighted by Gasteiger charge is 2.24. The molecule has 12 heavy (non-hydrogen) atoms. The first-order chi connectivity index (χ1) is 5.61. The number of hydrogen-bond donors (Lipinski definition) is 0. The van der Waals surface area contributed by atoms with Crippen LogP contribution in [0.3, 0.4) is 0 Å².